The van der Waals surface area contributed by atoms with Crippen LogP contribution in [0.15, 0.2) is 16.6 Å². The van der Waals surface area contributed by atoms with Gasteiger partial charge in [-0.15, -0.1) is 0 Å². The number of aldehydes is 1. The molecule has 0 aromatic heterocycles. The molecule has 0 unspecified atom stereocenters. The molecule has 0 N–H and O–H groups in total. The van der Waals surface area contributed by atoms with Crippen molar-refractivity contribution < 1.29 is 27.8 Å². The maximum atomic E-state index is 12.3. The summed E-state index contributed by atoms with van der Waals surface area (Å²) in [5.74, 6) is -0.749. The molecule has 1 aromatic carbocycles. The fraction of sp³-hybridized carbons (Fsp3) is 0.333. The van der Waals surface area contributed by atoms with Crippen molar-refractivity contribution in [3.05, 3.63) is 27.7 Å². The van der Waals surface area contributed by atoms with Gasteiger partial charge in [0.2, 0.25) is 0 Å². The van der Waals surface area contributed by atoms with E-state index in [1.807, 2.05) is 0 Å². The predicted octanol–water partition coefficient (Wildman–Crippen LogP) is 2.97. The highest BCUT2D eigenvalue weighted by molar-refractivity contribution is 9.10. The quantitative estimate of drug-likeness (QED) is 0.592. The summed E-state index contributed by atoms with van der Waals surface area (Å²) in [5.41, 5.74) is 0.407. The second-order valence-electron chi connectivity index (χ2n) is 3.46. The summed E-state index contributed by atoms with van der Waals surface area (Å²) < 4.78 is 33.9. The van der Waals surface area contributed by atoms with Gasteiger partial charge < -0.3 is 9.47 Å². The molecule has 0 saturated carbocycles. The van der Waals surface area contributed by atoms with Gasteiger partial charge in [0.1, 0.15) is 5.75 Å². The summed E-state index contributed by atoms with van der Waals surface area (Å²) in [4.78, 5) is 22.2. The van der Waals surface area contributed by atoms with Crippen LogP contribution in [0.2, 0.25) is 0 Å². The molecule has 19 heavy (non-hydrogen) atoms. The number of hydrogen-bond acceptors (Lipinski definition) is 4. The summed E-state index contributed by atoms with van der Waals surface area (Å²) in [5, 5.41) is 0. The average molecular weight is 337 g/mol. The molecule has 0 radical (unpaired) electrons. The van der Waals surface area contributed by atoms with Crippen LogP contribution in [0.5, 0.6) is 5.75 Å². The van der Waals surface area contributed by atoms with Crippen LogP contribution in [-0.4, -0.2) is 25.5 Å². The first-order valence-corrected chi connectivity index (χ1v) is 6.15. The molecule has 0 aliphatic carbocycles. The highest BCUT2D eigenvalue weighted by Gasteiger charge is 2.16. The summed E-state index contributed by atoms with van der Waals surface area (Å²) in [7, 11) is 0. The smallest absolute Gasteiger partial charge is 0.387 e. The molecule has 0 amide bonds. The number of carbonyl (C=O) groups is 2. The van der Waals surface area contributed by atoms with Crippen LogP contribution in [0, 0.1) is 0 Å². The molecule has 104 valence electrons. The van der Waals surface area contributed by atoms with Crippen molar-refractivity contribution in [1.82, 2.24) is 0 Å². The fourth-order valence-electron chi connectivity index (χ4n) is 1.42. The van der Waals surface area contributed by atoms with Gasteiger partial charge >= 0.3 is 12.6 Å². The lowest BCUT2D eigenvalue weighted by Crippen LogP contribution is -2.11. The Morgan fingerprint density at radius 3 is 2.68 bits per heavy atom. The molecule has 0 aliphatic heterocycles. The van der Waals surface area contributed by atoms with Crippen LogP contribution in [0.4, 0.5) is 8.78 Å². The largest absolute Gasteiger partial charge is 0.466 e. The predicted molar refractivity (Wildman–Crippen MR) is 66.5 cm³/mol. The van der Waals surface area contributed by atoms with Gasteiger partial charge in [-0.2, -0.15) is 8.78 Å². The van der Waals surface area contributed by atoms with Gasteiger partial charge in [0.05, 0.1) is 13.0 Å². The van der Waals surface area contributed by atoms with Crippen molar-refractivity contribution in [1.29, 1.82) is 0 Å². The van der Waals surface area contributed by atoms with Crippen LogP contribution >= 0.6 is 15.9 Å². The molecule has 4 nitrogen and oxygen atoms in total. The zero-order chi connectivity index (χ0) is 14.4. The summed E-state index contributed by atoms with van der Waals surface area (Å²) in [6.07, 6.45) is 0.301. The first-order valence-electron chi connectivity index (χ1n) is 5.36. The SMILES string of the molecule is CCOC(=O)Cc1cc(C=O)c(Br)cc1OC(F)F. The Labute approximate surface area is 116 Å². The van der Waals surface area contributed by atoms with Crippen LogP contribution < -0.4 is 4.74 Å². The van der Waals surface area contributed by atoms with E-state index in [0.717, 1.165) is 0 Å². The van der Waals surface area contributed by atoms with Gasteiger partial charge in [-0.05, 0) is 35.0 Å². The molecule has 0 bridgehead atoms. The molecular weight excluding hydrogens is 326 g/mol. The summed E-state index contributed by atoms with van der Waals surface area (Å²) >= 11 is 3.06. The Morgan fingerprint density at radius 2 is 2.16 bits per heavy atom. The Balaban J connectivity index is 3.09. The topological polar surface area (TPSA) is 52.6 Å². The second-order valence-corrected chi connectivity index (χ2v) is 4.31. The lowest BCUT2D eigenvalue weighted by molar-refractivity contribution is -0.142. The number of halogens is 3. The number of carbonyl (C=O) groups excluding carboxylic acids is 2. The van der Waals surface area contributed by atoms with Crippen LogP contribution in [-0.2, 0) is 16.0 Å². The van der Waals surface area contributed by atoms with E-state index in [0.29, 0.717) is 10.8 Å². The average Bonchev–Trinajstić information content (AvgIpc) is 2.32. The van der Waals surface area contributed by atoms with Gasteiger partial charge in [0.15, 0.2) is 6.29 Å². The number of rotatable bonds is 6. The molecule has 0 saturated heterocycles. The van der Waals surface area contributed by atoms with Crippen LogP contribution in [0.25, 0.3) is 0 Å². The second kappa shape index (κ2) is 7.18. The molecule has 1 rings (SSSR count). The lowest BCUT2D eigenvalue weighted by atomic mass is 10.1. The molecule has 0 atom stereocenters. The number of benzene rings is 1. The van der Waals surface area contributed by atoms with E-state index in [9.17, 15) is 18.4 Å². The first-order chi connectivity index (χ1) is 8.97. The van der Waals surface area contributed by atoms with Crippen LogP contribution in [0.3, 0.4) is 0 Å². The third kappa shape index (κ3) is 4.59. The molecule has 0 heterocycles. The zero-order valence-corrected chi connectivity index (χ0v) is 11.6. The summed E-state index contributed by atoms with van der Waals surface area (Å²) in [6.45, 7) is -1.21. The molecule has 0 spiro atoms. The maximum absolute atomic E-state index is 12.3. The van der Waals surface area contributed by atoms with Crippen molar-refractivity contribution in [2.75, 3.05) is 6.61 Å². The Kier molecular flexibility index (Phi) is 5.88. The van der Waals surface area contributed by atoms with Crippen molar-refractivity contribution in [2.24, 2.45) is 0 Å². The molecule has 0 aliphatic rings. The number of hydrogen-bond donors (Lipinski definition) is 0. The normalized spacial score (nSPS) is 10.4. The van der Waals surface area contributed by atoms with E-state index in [-0.39, 0.29) is 29.9 Å². The Bertz CT molecular complexity index is 477. The molecule has 7 heteroatoms. The number of esters is 1. The van der Waals surface area contributed by atoms with E-state index in [2.05, 4.69) is 20.7 Å². The maximum Gasteiger partial charge on any atom is 0.387 e. The van der Waals surface area contributed by atoms with Gasteiger partial charge in [-0.25, -0.2) is 0 Å². The van der Waals surface area contributed by atoms with E-state index in [1.165, 1.54) is 12.1 Å². The van der Waals surface area contributed by atoms with E-state index >= 15 is 0 Å². The van der Waals surface area contributed by atoms with Crippen molar-refractivity contribution in [2.45, 2.75) is 20.0 Å². The standard InChI is InChI=1S/C12H11BrF2O4/c1-2-18-11(17)4-7-3-8(6-16)9(13)5-10(7)19-12(14)15/h3,5-6,12H,2,4H2,1H3. The monoisotopic (exact) mass is 336 g/mol. The Hall–Kier alpha value is -1.50. The summed E-state index contributed by atoms with van der Waals surface area (Å²) in [6, 6.07) is 2.54. The van der Waals surface area contributed by atoms with Crippen molar-refractivity contribution >= 4 is 28.2 Å². The van der Waals surface area contributed by atoms with Gasteiger partial charge in [0.25, 0.3) is 0 Å². The first kappa shape index (κ1) is 15.6. The van der Waals surface area contributed by atoms with E-state index in [1.54, 1.807) is 6.92 Å². The van der Waals surface area contributed by atoms with Crippen LogP contribution in [0.1, 0.15) is 22.8 Å². The highest BCUT2D eigenvalue weighted by atomic mass is 79.9. The van der Waals surface area contributed by atoms with E-state index < -0.39 is 12.6 Å². The van der Waals surface area contributed by atoms with Gasteiger partial charge in [0, 0.05) is 15.6 Å². The molecular formula is C12H11BrF2O4. The molecule has 0 fully saturated rings. The van der Waals surface area contributed by atoms with E-state index in [4.69, 9.17) is 4.74 Å². The number of ether oxygens (including phenoxy) is 2. The van der Waals surface area contributed by atoms with Crippen molar-refractivity contribution in [3.63, 3.8) is 0 Å². The third-order valence-corrected chi connectivity index (χ3v) is 2.85. The lowest BCUT2D eigenvalue weighted by Gasteiger charge is -2.12. The zero-order valence-electron chi connectivity index (χ0n) is 9.99. The van der Waals surface area contributed by atoms with Gasteiger partial charge in [-0.1, -0.05) is 0 Å². The third-order valence-electron chi connectivity index (χ3n) is 2.16. The minimum atomic E-state index is -3.02. The Morgan fingerprint density at radius 1 is 1.47 bits per heavy atom. The fourth-order valence-corrected chi connectivity index (χ4v) is 1.84. The minimum absolute atomic E-state index is 0.166. The molecule has 1 aromatic rings. The minimum Gasteiger partial charge on any atom is -0.466 e. The van der Waals surface area contributed by atoms with Gasteiger partial charge in [-0.3, -0.25) is 9.59 Å². The van der Waals surface area contributed by atoms with Crippen molar-refractivity contribution in [3.8, 4) is 5.75 Å². The number of alkyl halides is 2. The highest BCUT2D eigenvalue weighted by Crippen LogP contribution is 2.28.